The van der Waals surface area contributed by atoms with Crippen molar-refractivity contribution in [1.29, 1.82) is 0 Å². The zero-order chi connectivity index (χ0) is 28.3. The number of nitrogens with one attached hydrogen (secondary N) is 2. The summed E-state index contributed by atoms with van der Waals surface area (Å²) in [6, 6.07) is 17.5. The van der Waals surface area contributed by atoms with Gasteiger partial charge in [-0.25, -0.2) is 14.4 Å². The van der Waals surface area contributed by atoms with Gasteiger partial charge in [0.1, 0.15) is 23.1 Å². The predicted molar refractivity (Wildman–Crippen MR) is 154 cm³/mol. The van der Waals surface area contributed by atoms with E-state index in [-0.39, 0.29) is 24.4 Å². The van der Waals surface area contributed by atoms with Gasteiger partial charge in [0.15, 0.2) is 0 Å². The molecule has 6 rings (SSSR count). The number of likely N-dealkylation sites (tertiary alicyclic amines) is 1. The lowest BCUT2D eigenvalue weighted by atomic mass is 10.1. The monoisotopic (exact) mass is 553 g/mol. The quantitative estimate of drug-likeness (QED) is 0.264. The van der Waals surface area contributed by atoms with Crippen molar-refractivity contribution < 1.29 is 18.7 Å². The molecule has 11 heteroatoms. The lowest BCUT2D eigenvalue weighted by Crippen LogP contribution is -2.54. The topological polar surface area (TPSA) is 106 Å². The van der Waals surface area contributed by atoms with Crippen LogP contribution >= 0.6 is 0 Å². The standard InChI is InChI=1S/C30H28FN7O3/c1-37-27-6-4-21(41-22-9-12-33-28(15-22)36-29(39)18-38-16-23(17-38)40-2)14-26(27)35-30(37)34-25-13-20(3-5-24(25)31)19-7-10-32-11-8-19/h3-15,23H,16-18H2,1-2H3,(H,34,35)(H,33,36,39). The van der Waals surface area contributed by atoms with Crippen molar-refractivity contribution in [1.82, 2.24) is 24.4 Å². The first-order chi connectivity index (χ1) is 19.9. The number of nitrogens with zero attached hydrogens (tertiary/aromatic N) is 5. The first-order valence-corrected chi connectivity index (χ1v) is 13.1. The first-order valence-electron chi connectivity index (χ1n) is 13.1. The highest BCUT2D eigenvalue weighted by molar-refractivity contribution is 5.91. The predicted octanol–water partition coefficient (Wildman–Crippen LogP) is 4.97. The summed E-state index contributed by atoms with van der Waals surface area (Å²) in [7, 11) is 3.53. The average molecular weight is 554 g/mol. The smallest absolute Gasteiger partial charge is 0.239 e. The number of fused-ring (bicyclic) bond motifs is 1. The average Bonchev–Trinajstić information content (AvgIpc) is 3.26. The van der Waals surface area contributed by atoms with E-state index in [1.807, 2.05) is 40.8 Å². The van der Waals surface area contributed by atoms with Gasteiger partial charge in [-0.3, -0.25) is 14.7 Å². The minimum Gasteiger partial charge on any atom is -0.457 e. The molecule has 1 aliphatic rings. The van der Waals surface area contributed by atoms with Crippen LogP contribution in [0.3, 0.4) is 0 Å². The van der Waals surface area contributed by atoms with Crippen LogP contribution in [0.5, 0.6) is 11.5 Å². The number of halogens is 1. The zero-order valence-corrected chi connectivity index (χ0v) is 22.5. The molecule has 5 aromatic rings. The van der Waals surface area contributed by atoms with Crippen LogP contribution in [0.25, 0.3) is 22.2 Å². The Hall–Kier alpha value is -4.87. The molecule has 0 radical (unpaired) electrons. The number of amides is 1. The zero-order valence-electron chi connectivity index (χ0n) is 22.5. The summed E-state index contributed by atoms with van der Waals surface area (Å²) in [6.45, 7) is 1.75. The van der Waals surface area contributed by atoms with Crippen molar-refractivity contribution >= 4 is 34.4 Å². The molecule has 1 fully saturated rings. The molecule has 0 bridgehead atoms. The van der Waals surface area contributed by atoms with Crippen molar-refractivity contribution in [3.8, 4) is 22.6 Å². The van der Waals surface area contributed by atoms with Crippen LogP contribution < -0.4 is 15.4 Å². The summed E-state index contributed by atoms with van der Waals surface area (Å²) in [4.78, 5) is 27.3. The third-order valence-corrected chi connectivity index (χ3v) is 6.94. The van der Waals surface area contributed by atoms with E-state index in [1.165, 1.54) is 6.07 Å². The minimum atomic E-state index is -0.386. The van der Waals surface area contributed by atoms with Gasteiger partial charge in [-0.15, -0.1) is 0 Å². The molecule has 3 aromatic heterocycles. The summed E-state index contributed by atoms with van der Waals surface area (Å²) in [5.41, 5.74) is 3.62. The number of rotatable bonds is 9. The number of ether oxygens (including phenoxy) is 2. The Morgan fingerprint density at radius 1 is 1.00 bits per heavy atom. The van der Waals surface area contributed by atoms with Crippen molar-refractivity contribution in [3.63, 3.8) is 0 Å². The van der Waals surface area contributed by atoms with Crippen LogP contribution in [-0.4, -0.2) is 63.2 Å². The number of aryl methyl sites for hydroxylation is 1. The highest BCUT2D eigenvalue weighted by Crippen LogP contribution is 2.31. The molecular weight excluding hydrogens is 525 g/mol. The van der Waals surface area contributed by atoms with Crippen LogP contribution in [0, 0.1) is 5.82 Å². The number of carbonyl (C=O) groups is 1. The number of aromatic nitrogens is 4. The van der Waals surface area contributed by atoms with E-state index in [4.69, 9.17) is 9.47 Å². The van der Waals surface area contributed by atoms with Gasteiger partial charge in [0.25, 0.3) is 0 Å². The molecule has 0 aliphatic carbocycles. The second-order valence-corrected chi connectivity index (χ2v) is 9.78. The summed E-state index contributed by atoms with van der Waals surface area (Å²) in [6.07, 6.45) is 5.16. The van der Waals surface area contributed by atoms with Crippen molar-refractivity contribution in [2.45, 2.75) is 6.10 Å². The van der Waals surface area contributed by atoms with Crippen LogP contribution in [0.15, 0.2) is 79.3 Å². The van der Waals surface area contributed by atoms with E-state index in [2.05, 4.69) is 25.6 Å². The third kappa shape index (κ3) is 5.86. The molecule has 0 unspecified atom stereocenters. The van der Waals surface area contributed by atoms with E-state index >= 15 is 0 Å². The molecule has 1 saturated heterocycles. The van der Waals surface area contributed by atoms with Gasteiger partial charge in [-0.1, -0.05) is 6.07 Å². The molecule has 10 nitrogen and oxygen atoms in total. The van der Waals surface area contributed by atoms with Gasteiger partial charge < -0.3 is 24.7 Å². The second-order valence-electron chi connectivity index (χ2n) is 9.78. The maximum Gasteiger partial charge on any atom is 0.239 e. The number of anilines is 3. The van der Waals surface area contributed by atoms with Gasteiger partial charge in [-0.2, -0.15) is 0 Å². The molecule has 1 aliphatic heterocycles. The Kier molecular flexibility index (Phi) is 7.28. The van der Waals surface area contributed by atoms with Crippen LogP contribution in [0.4, 0.5) is 21.8 Å². The lowest BCUT2D eigenvalue weighted by molar-refractivity contribution is -0.120. The number of imidazole rings is 1. The van der Waals surface area contributed by atoms with Crippen LogP contribution in [0.1, 0.15) is 0 Å². The van der Waals surface area contributed by atoms with Gasteiger partial charge in [-0.05, 0) is 53.6 Å². The van der Waals surface area contributed by atoms with Gasteiger partial charge >= 0.3 is 0 Å². The molecule has 4 heterocycles. The second kappa shape index (κ2) is 11.3. The van der Waals surface area contributed by atoms with Gasteiger partial charge in [0.2, 0.25) is 11.9 Å². The maximum absolute atomic E-state index is 14.7. The lowest BCUT2D eigenvalue weighted by Gasteiger charge is -2.37. The van der Waals surface area contributed by atoms with E-state index in [0.717, 1.165) is 29.7 Å². The Morgan fingerprint density at radius 2 is 1.80 bits per heavy atom. The Bertz CT molecular complexity index is 1700. The fourth-order valence-electron chi connectivity index (χ4n) is 4.69. The third-order valence-electron chi connectivity index (χ3n) is 6.94. The molecule has 2 N–H and O–H groups in total. The van der Waals surface area contributed by atoms with Crippen molar-refractivity contribution in [3.05, 3.63) is 85.1 Å². The molecule has 208 valence electrons. The van der Waals surface area contributed by atoms with E-state index in [0.29, 0.717) is 34.5 Å². The highest BCUT2D eigenvalue weighted by atomic mass is 19.1. The maximum atomic E-state index is 14.7. The number of methoxy groups -OCH3 is 1. The fourth-order valence-corrected chi connectivity index (χ4v) is 4.69. The molecule has 1 amide bonds. The summed E-state index contributed by atoms with van der Waals surface area (Å²) >= 11 is 0. The number of carbonyl (C=O) groups excluding carboxylic acids is 1. The van der Waals surface area contributed by atoms with E-state index in [9.17, 15) is 9.18 Å². The van der Waals surface area contributed by atoms with E-state index < -0.39 is 0 Å². The fraction of sp³-hybridized carbons (Fsp3) is 0.200. The molecule has 0 saturated carbocycles. The molecular formula is C30H28FN7O3. The Labute approximate surface area is 235 Å². The molecule has 0 spiro atoms. The van der Waals surface area contributed by atoms with Crippen molar-refractivity contribution in [2.24, 2.45) is 7.05 Å². The number of benzene rings is 2. The Morgan fingerprint density at radius 3 is 2.61 bits per heavy atom. The first kappa shape index (κ1) is 26.4. The van der Waals surface area contributed by atoms with Crippen LogP contribution in [0.2, 0.25) is 0 Å². The molecule has 41 heavy (non-hydrogen) atoms. The normalized spacial score (nSPS) is 13.6. The molecule has 2 aromatic carbocycles. The number of pyridine rings is 2. The SMILES string of the molecule is COC1CN(CC(=O)Nc2cc(Oc3ccc4c(c3)nc(Nc3cc(-c5ccncc5)ccc3F)n4C)ccn2)C1. The van der Waals surface area contributed by atoms with Crippen LogP contribution in [-0.2, 0) is 16.6 Å². The number of hydrogen-bond acceptors (Lipinski definition) is 8. The van der Waals surface area contributed by atoms with Gasteiger partial charge in [0.05, 0.1) is 29.4 Å². The van der Waals surface area contributed by atoms with Gasteiger partial charge in [0, 0.05) is 58.0 Å². The minimum absolute atomic E-state index is 0.151. The molecule has 0 atom stereocenters. The Balaban J connectivity index is 1.15. The van der Waals surface area contributed by atoms with Crippen molar-refractivity contribution in [2.75, 3.05) is 37.4 Å². The summed E-state index contributed by atoms with van der Waals surface area (Å²) in [5, 5.41) is 5.94. The highest BCUT2D eigenvalue weighted by Gasteiger charge is 2.27. The van der Waals surface area contributed by atoms with E-state index in [1.54, 1.807) is 56.0 Å². The summed E-state index contributed by atoms with van der Waals surface area (Å²) < 4.78 is 27.9. The number of hydrogen-bond donors (Lipinski definition) is 2. The largest absolute Gasteiger partial charge is 0.457 e. The summed E-state index contributed by atoms with van der Waals surface area (Å²) in [5.74, 6) is 1.42.